The summed E-state index contributed by atoms with van der Waals surface area (Å²) in [7, 11) is 0. The van der Waals surface area contributed by atoms with Crippen molar-refractivity contribution in [3.63, 3.8) is 0 Å². The molecule has 2 bridgehead atoms. The number of carbonyl (C=O) groups excluding carboxylic acids is 3. The fraction of sp³-hybridized carbons (Fsp3) is 0.129. The Hall–Kier alpha value is -4.91. The van der Waals surface area contributed by atoms with E-state index in [-0.39, 0.29) is 23.6 Å². The van der Waals surface area contributed by atoms with Crippen LogP contribution in [-0.4, -0.2) is 28.9 Å². The van der Waals surface area contributed by atoms with Gasteiger partial charge in [-0.2, -0.15) is 5.10 Å². The van der Waals surface area contributed by atoms with E-state index in [2.05, 4.69) is 15.5 Å². The SMILES string of the molecule is O=C(N/N=C\C12c3ccccc3C(c3ccccc31)[C@H]1C(=O)N(c3ccccc3)C(=O)[C@@H]12)c1ccncc1. The van der Waals surface area contributed by atoms with E-state index in [9.17, 15) is 14.4 Å². The molecular weight excluding hydrogens is 476 g/mol. The zero-order valence-electron chi connectivity index (χ0n) is 20.2. The van der Waals surface area contributed by atoms with E-state index in [1.807, 2.05) is 66.7 Å². The molecule has 4 aromatic rings. The van der Waals surface area contributed by atoms with Crippen molar-refractivity contribution in [1.82, 2.24) is 10.4 Å². The van der Waals surface area contributed by atoms with Gasteiger partial charge in [-0.05, 0) is 46.5 Å². The van der Waals surface area contributed by atoms with Crippen LogP contribution in [0.1, 0.15) is 38.5 Å². The molecule has 0 unspecified atom stereocenters. The van der Waals surface area contributed by atoms with Gasteiger partial charge in [0.1, 0.15) is 0 Å². The number of hydrogen-bond acceptors (Lipinski definition) is 5. The molecule has 8 rings (SSSR count). The quantitative estimate of drug-likeness (QED) is 0.261. The lowest BCUT2D eigenvalue weighted by Crippen LogP contribution is -2.54. The summed E-state index contributed by atoms with van der Waals surface area (Å²) in [6.07, 6.45) is 4.74. The summed E-state index contributed by atoms with van der Waals surface area (Å²) in [6, 6.07) is 28.2. The number of imide groups is 1. The molecule has 184 valence electrons. The number of hydrogen-bond donors (Lipinski definition) is 1. The summed E-state index contributed by atoms with van der Waals surface area (Å²) in [6.45, 7) is 0. The lowest BCUT2D eigenvalue weighted by Gasteiger charge is -2.52. The summed E-state index contributed by atoms with van der Waals surface area (Å²) < 4.78 is 0. The minimum absolute atomic E-state index is 0.209. The van der Waals surface area contributed by atoms with Crippen LogP contribution in [0.15, 0.2) is 108 Å². The zero-order valence-corrected chi connectivity index (χ0v) is 20.2. The number of amides is 3. The van der Waals surface area contributed by atoms with Gasteiger partial charge < -0.3 is 0 Å². The third-order valence-corrected chi connectivity index (χ3v) is 8.08. The number of rotatable bonds is 4. The first kappa shape index (κ1) is 22.3. The summed E-state index contributed by atoms with van der Waals surface area (Å²) in [4.78, 5) is 46.4. The van der Waals surface area contributed by atoms with Gasteiger partial charge in [-0.3, -0.25) is 19.4 Å². The standard InChI is InChI=1S/C31H22N4O3/c36-28(19-14-16-32-17-15-19)34-33-18-31-23-12-6-4-10-21(23)25(22-11-5-7-13-24(22)31)26-27(31)30(38)35(29(26)37)20-8-2-1-3-9-20/h1-18,25-27H,(H,34,36)/b33-18-/t25?,26-,27-,31?/m1/s1. The molecule has 2 atom stereocenters. The van der Waals surface area contributed by atoms with Gasteiger partial charge in [-0.25, -0.2) is 10.3 Å². The van der Waals surface area contributed by atoms with Crippen LogP contribution in [0.2, 0.25) is 0 Å². The molecule has 7 heteroatoms. The van der Waals surface area contributed by atoms with Crippen LogP contribution in [0.3, 0.4) is 0 Å². The molecular formula is C31H22N4O3. The molecule has 7 nitrogen and oxygen atoms in total. The van der Waals surface area contributed by atoms with Crippen LogP contribution in [0.25, 0.3) is 0 Å². The van der Waals surface area contributed by atoms with E-state index in [0.717, 1.165) is 22.3 Å². The fourth-order valence-corrected chi connectivity index (χ4v) is 6.64. The molecule has 2 heterocycles. The molecule has 1 aromatic heterocycles. The van der Waals surface area contributed by atoms with E-state index in [4.69, 9.17) is 0 Å². The highest BCUT2D eigenvalue weighted by atomic mass is 16.2. The van der Waals surface area contributed by atoms with Gasteiger partial charge in [-0.1, -0.05) is 66.7 Å². The maximum absolute atomic E-state index is 14.2. The Morgan fingerprint density at radius 2 is 1.42 bits per heavy atom. The number of pyridine rings is 1. The molecule has 0 saturated carbocycles. The van der Waals surface area contributed by atoms with Gasteiger partial charge >= 0.3 is 0 Å². The maximum atomic E-state index is 14.2. The van der Waals surface area contributed by atoms with E-state index >= 15 is 0 Å². The van der Waals surface area contributed by atoms with Crippen molar-refractivity contribution < 1.29 is 14.4 Å². The van der Waals surface area contributed by atoms with E-state index < -0.39 is 17.3 Å². The van der Waals surface area contributed by atoms with Crippen LogP contribution in [-0.2, 0) is 15.0 Å². The van der Waals surface area contributed by atoms with Crippen molar-refractivity contribution in [2.45, 2.75) is 11.3 Å². The first-order valence-corrected chi connectivity index (χ1v) is 12.5. The van der Waals surface area contributed by atoms with Gasteiger partial charge in [0.15, 0.2) is 0 Å². The molecule has 0 spiro atoms. The molecule has 1 aliphatic heterocycles. The van der Waals surface area contributed by atoms with Crippen molar-refractivity contribution in [3.05, 3.63) is 131 Å². The monoisotopic (exact) mass is 498 g/mol. The topological polar surface area (TPSA) is 91.7 Å². The van der Waals surface area contributed by atoms with Crippen LogP contribution in [0.5, 0.6) is 0 Å². The highest BCUT2D eigenvalue weighted by Gasteiger charge is 2.68. The van der Waals surface area contributed by atoms with Gasteiger partial charge in [0, 0.05) is 30.1 Å². The largest absolute Gasteiger partial charge is 0.274 e. The third kappa shape index (κ3) is 2.93. The van der Waals surface area contributed by atoms with Crippen LogP contribution >= 0.6 is 0 Å². The van der Waals surface area contributed by atoms with Crippen molar-refractivity contribution >= 4 is 29.6 Å². The normalized spacial score (nSPS) is 24.7. The number of carbonyl (C=O) groups is 3. The Balaban J connectivity index is 1.42. The second-order valence-electron chi connectivity index (χ2n) is 9.81. The Kier molecular flexibility index (Phi) is 4.88. The van der Waals surface area contributed by atoms with Crippen LogP contribution < -0.4 is 10.3 Å². The first-order chi connectivity index (χ1) is 18.6. The lowest BCUT2D eigenvalue weighted by molar-refractivity contribution is -0.122. The first-order valence-electron chi connectivity index (χ1n) is 12.5. The predicted molar refractivity (Wildman–Crippen MR) is 142 cm³/mol. The number of hydrazone groups is 1. The molecule has 38 heavy (non-hydrogen) atoms. The fourth-order valence-electron chi connectivity index (χ4n) is 6.64. The third-order valence-electron chi connectivity index (χ3n) is 8.08. The van der Waals surface area contributed by atoms with Gasteiger partial charge in [0.2, 0.25) is 11.8 Å². The smallest absolute Gasteiger partial charge is 0.271 e. The second-order valence-corrected chi connectivity index (χ2v) is 9.81. The second kappa shape index (κ2) is 8.31. The van der Waals surface area contributed by atoms with Crippen molar-refractivity contribution in [2.75, 3.05) is 4.90 Å². The average molecular weight is 499 g/mol. The molecule has 3 aliphatic carbocycles. The van der Waals surface area contributed by atoms with Gasteiger partial charge in [-0.15, -0.1) is 0 Å². The van der Waals surface area contributed by atoms with Gasteiger partial charge in [0.05, 0.1) is 22.9 Å². The lowest BCUT2D eigenvalue weighted by atomic mass is 9.47. The van der Waals surface area contributed by atoms with Gasteiger partial charge in [0.25, 0.3) is 5.91 Å². The maximum Gasteiger partial charge on any atom is 0.271 e. The van der Waals surface area contributed by atoms with Crippen molar-refractivity contribution in [2.24, 2.45) is 16.9 Å². The molecule has 1 saturated heterocycles. The van der Waals surface area contributed by atoms with E-state index in [1.54, 1.807) is 30.5 Å². The summed E-state index contributed by atoms with van der Waals surface area (Å²) in [5.74, 6) is -2.39. The minimum atomic E-state index is -1.03. The van der Waals surface area contributed by atoms with Crippen LogP contribution in [0, 0.1) is 11.8 Å². The number of aromatic nitrogens is 1. The summed E-state index contributed by atoms with van der Waals surface area (Å²) >= 11 is 0. The predicted octanol–water partition coefficient (Wildman–Crippen LogP) is 4.05. The Morgan fingerprint density at radius 3 is 2.08 bits per heavy atom. The average Bonchev–Trinajstić information content (AvgIpc) is 3.24. The minimum Gasteiger partial charge on any atom is -0.274 e. The molecule has 0 radical (unpaired) electrons. The number of anilines is 1. The Morgan fingerprint density at radius 1 is 0.816 bits per heavy atom. The van der Waals surface area contributed by atoms with Crippen LogP contribution in [0.4, 0.5) is 5.69 Å². The van der Waals surface area contributed by atoms with Crippen molar-refractivity contribution in [1.29, 1.82) is 0 Å². The number of para-hydroxylation sites is 1. The highest BCUT2D eigenvalue weighted by molar-refractivity contribution is 6.25. The molecule has 1 fully saturated rings. The number of nitrogens with zero attached hydrogens (tertiary/aromatic N) is 3. The van der Waals surface area contributed by atoms with Crippen molar-refractivity contribution in [3.8, 4) is 0 Å². The highest BCUT2D eigenvalue weighted by Crippen LogP contribution is 2.63. The van der Waals surface area contributed by atoms with E-state index in [0.29, 0.717) is 11.3 Å². The van der Waals surface area contributed by atoms with E-state index in [1.165, 1.54) is 17.3 Å². The Labute approximate surface area is 218 Å². The summed E-state index contributed by atoms with van der Waals surface area (Å²) in [5.41, 5.74) is 6.46. The molecule has 4 aliphatic rings. The zero-order chi connectivity index (χ0) is 25.9. The molecule has 1 N–H and O–H groups in total. The Bertz CT molecular complexity index is 1590. The molecule has 3 amide bonds. The molecule has 3 aromatic carbocycles. The number of benzene rings is 3. The summed E-state index contributed by atoms with van der Waals surface area (Å²) in [5, 5.41) is 4.43. The number of nitrogens with one attached hydrogen (secondary N) is 1.